The normalized spacial score (nSPS) is 13.9. The van der Waals surface area contributed by atoms with E-state index in [0.29, 0.717) is 0 Å². The van der Waals surface area contributed by atoms with Crippen LogP contribution >= 0.6 is 35.3 Å². The molecule has 1 N–H and O–H groups in total. The summed E-state index contributed by atoms with van der Waals surface area (Å²) in [6.45, 7) is 6.77. The Morgan fingerprint density at radius 1 is 1.28 bits per heavy atom. The summed E-state index contributed by atoms with van der Waals surface area (Å²) in [5.74, 6) is 1.80. The molecule has 6 nitrogen and oxygen atoms in total. The first-order valence-corrected chi connectivity index (χ1v) is 10.9. The lowest BCUT2D eigenvalue weighted by atomic mass is 10.2. The van der Waals surface area contributed by atoms with Crippen LogP contribution in [0, 0.1) is 0 Å². The Kier molecular flexibility index (Phi) is 9.99. The van der Waals surface area contributed by atoms with E-state index < -0.39 is 0 Å². The van der Waals surface area contributed by atoms with Crippen LogP contribution in [0.5, 0.6) is 5.75 Å². The van der Waals surface area contributed by atoms with Crippen LogP contribution in [-0.2, 0) is 13.0 Å². The fraction of sp³-hybridized carbons (Fsp3) is 0.524. The van der Waals surface area contributed by atoms with Crippen LogP contribution in [0.4, 0.5) is 5.13 Å². The molecule has 1 fully saturated rings. The highest BCUT2D eigenvalue weighted by atomic mass is 127. The second-order valence-electron chi connectivity index (χ2n) is 7.01. The van der Waals surface area contributed by atoms with E-state index in [9.17, 15) is 0 Å². The van der Waals surface area contributed by atoms with Gasteiger partial charge in [-0.15, -0.1) is 35.3 Å². The molecule has 160 valence electrons. The second kappa shape index (κ2) is 12.2. The Morgan fingerprint density at radius 3 is 2.66 bits per heavy atom. The number of hydrogen-bond acceptors (Lipinski definition) is 5. The Balaban J connectivity index is 0.00000300. The summed E-state index contributed by atoms with van der Waals surface area (Å²) in [5.41, 5.74) is 2.37. The average Bonchev–Trinajstić information content (AvgIpc) is 3.39. The second-order valence-corrected chi connectivity index (χ2v) is 7.84. The molecule has 0 unspecified atom stereocenters. The van der Waals surface area contributed by atoms with E-state index in [-0.39, 0.29) is 24.0 Å². The molecule has 1 aromatic carbocycles. The van der Waals surface area contributed by atoms with E-state index in [1.165, 1.54) is 23.5 Å². The topological polar surface area (TPSA) is 53.0 Å². The van der Waals surface area contributed by atoms with Crippen LogP contribution in [0.15, 0.2) is 34.6 Å². The summed E-state index contributed by atoms with van der Waals surface area (Å²) < 4.78 is 5.23. The van der Waals surface area contributed by atoms with Gasteiger partial charge in [-0.05, 0) is 37.5 Å². The summed E-state index contributed by atoms with van der Waals surface area (Å²) in [7, 11) is 3.76. The van der Waals surface area contributed by atoms with Gasteiger partial charge in [0.1, 0.15) is 5.75 Å². The number of ether oxygens (including phenoxy) is 1. The zero-order chi connectivity index (χ0) is 19.8. The molecule has 1 saturated heterocycles. The van der Waals surface area contributed by atoms with Crippen LogP contribution in [0.1, 0.15) is 31.0 Å². The van der Waals surface area contributed by atoms with Gasteiger partial charge in [-0.25, -0.2) is 4.98 Å². The molecule has 0 saturated carbocycles. The van der Waals surface area contributed by atoms with E-state index in [1.807, 2.05) is 12.1 Å². The monoisotopic (exact) mass is 529 g/mol. The van der Waals surface area contributed by atoms with Crippen molar-refractivity contribution in [1.29, 1.82) is 0 Å². The molecule has 0 atom stereocenters. The van der Waals surface area contributed by atoms with Crippen molar-refractivity contribution in [2.24, 2.45) is 4.99 Å². The van der Waals surface area contributed by atoms with Gasteiger partial charge in [-0.3, -0.25) is 4.99 Å². The Hall–Kier alpha value is -1.55. The van der Waals surface area contributed by atoms with Crippen molar-refractivity contribution in [2.45, 2.75) is 32.7 Å². The smallest absolute Gasteiger partial charge is 0.193 e. The third kappa shape index (κ3) is 7.02. The number of nitrogens with one attached hydrogen (secondary N) is 1. The third-order valence-corrected chi connectivity index (χ3v) is 5.77. The standard InChI is InChI=1S/C21H31N5OS.HI/c1-4-22-20(25(2)15-17-7-9-19(27-3)10-8-17)23-12-11-18-16-28-21(24-18)26-13-5-6-14-26;/h7-10,16H,4-6,11-15H2,1-3H3,(H,22,23);1H. The summed E-state index contributed by atoms with van der Waals surface area (Å²) in [4.78, 5) is 14.1. The number of aromatic nitrogens is 1. The number of halogens is 1. The van der Waals surface area contributed by atoms with Gasteiger partial charge in [-0.2, -0.15) is 0 Å². The van der Waals surface area contributed by atoms with Gasteiger partial charge in [0, 0.05) is 51.6 Å². The van der Waals surface area contributed by atoms with Crippen molar-refractivity contribution in [3.05, 3.63) is 40.9 Å². The highest BCUT2D eigenvalue weighted by Gasteiger charge is 2.15. The molecule has 2 aromatic rings. The first-order valence-electron chi connectivity index (χ1n) is 10.0. The molecule has 0 amide bonds. The number of hydrogen-bond donors (Lipinski definition) is 1. The minimum absolute atomic E-state index is 0. The van der Waals surface area contributed by atoms with Crippen LogP contribution < -0.4 is 15.0 Å². The lowest BCUT2D eigenvalue weighted by Crippen LogP contribution is -2.38. The highest BCUT2D eigenvalue weighted by Crippen LogP contribution is 2.24. The molecule has 8 heteroatoms. The number of anilines is 1. The van der Waals surface area contributed by atoms with Crippen molar-refractivity contribution < 1.29 is 4.74 Å². The predicted molar refractivity (Wildman–Crippen MR) is 133 cm³/mol. The number of guanidine groups is 1. The average molecular weight is 529 g/mol. The zero-order valence-corrected chi connectivity index (χ0v) is 20.7. The molecule has 3 rings (SSSR count). The van der Waals surface area contributed by atoms with Gasteiger partial charge in [0.25, 0.3) is 0 Å². The number of nitrogens with zero attached hydrogens (tertiary/aromatic N) is 4. The van der Waals surface area contributed by atoms with Gasteiger partial charge in [0.2, 0.25) is 0 Å². The van der Waals surface area contributed by atoms with Crippen molar-refractivity contribution in [2.75, 3.05) is 45.2 Å². The van der Waals surface area contributed by atoms with E-state index >= 15 is 0 Å². The summed E-state index contributed by atoms with van der Waals surface area (Å²) >= 11 is 1.76. The van der Waals surface area contributed by atoms with Crippen LogP contribution in [-0.4, -0.2) is 56.2 Å². The van der Waals surface area contributed by atoms with Gasteiger partial charge < -0.3 is 19.9 Å². The molecule has 0 radical (unpaired) electrons. The largest absolute Gasteiger partial charge is 0.497 e. The van der Waals surface area contributed by atoms with E-state index in [1.54, 1.807) is 18.4 Å². The molecule has 0 bridgehead atoms. The summed E-state index contributed by atoms with van der Waals surface area (Å²) in [5, 5.41) is 6.73. The first kappa shape index (κ1) is 23.7. The molecular formula is C21H32IN5OS. The van der Waals surface area contributed by atoms with Gasteiger partial charge >= 0.3 is 0 Å². The van der Waals surface area contributed by atoms with Gasteiger partial charge in [-0.1, -0.05) is 12.1 Å². The zero-order valence-electron chi connectivity index (χ0n) is 17.6. The van der Waals surface area contributed by atoms with Crippen molar-refractivity contribution >= 4 is 46.4 Å². The van der Waals surface area contributed by atoms with Crippen molar-refractivity contribution in [3.8, 4) is 5.75 Å². The van der Waals surface area contributed by atoms with Gasteiger partial charge in [0.15, 0.2) is 11.1 Å². The molecule has 0 aliphatic carbocycles. The number of methoxy groups -OCH3 is 1. The molecule has 1 aromatic heterocycles. The number of aliphatic imine (C=N–C) groups is 1. The van der Waals surface area contributed by atoms with Gasteiger partial charge in [0.05, 0.1) is 12.8 Å². The van der Waals surface area contributed by atoms with Crippen LogP contribution in [0.25, 0.3) is 0 Å². The fourth-order valence-electron chi connectivity index (χ4n) is 3.29. The summed E-state index contributed by atoms with van der Waals surface area (Å²) in [6.07, 6.45) is 3.44. The minimum Gasteiger partial charge on any atom is -0.497 e. The molecule has 2 heterocycles. The van der Waals surface area contributed by atoms with E-state index in [0.717, 1.165) is 56.5 Å². The maximum absolute atomic E-state index is 5.23. The molecular weight excluding hydrogens is 497 g/mol. The minimum atomic E-state index is 0. The predicted octanol–water partition coefficient (Wildman–Crippen LogP) is 4.01. The third-order valence-electron chi connectivity index (χ3n) is 4.82. The molecule has 0 spiro atoms. The quantitative estimate of drug-likeness (QED) is 0.318. The maximum atomic E-state index is 5.23. The number of rotatable bonds is 8. The Morgan fingerprint density at radius 2 is 2.00 bits per heavy atom. The Bertz CT molecular complexity index is 759. The number of thiazole rings is 1. The van der Waals surface area contributed by atoms with E-state index in [4.69, 9.17) is 14.7 Å². The van der Waals surface area contributed by atoms with E-state index in [2.05, 4.69) is 46.6 Å². The maximum Gasteiger partial charge on any atom is 0.193 e. The summed E-state index contributed by atoms with van der Waals surface area (Å²) in [6, 6.07) is 8.17. The van der Waals surface area contributed by atoms with Crippen LogP contribution in [0.3, 0.4) is 0 Å². The molecule has 1 aliphatic rings. The molecule has 1 aliphatic heterocycles. The lowest BCUT2D eigenvalue weighted by Gasteiger charge is -2.22. The van der Waals surface area contributed by atoms with Crippen molar-refractivity contribution in [3.63, 3.8) is 0 Å². The molecule has 29 heavy (non-hydrogen) atoms. The lowest BCUT2D eigenvalue weighted by molar-refractivity contribution is 0.414. The van der Waals surface area contributed by atoms with Crippen molar-refractivity contribution in [1.82, 2.24) is 15.2 Å². The SMILES string of the molecule is CCNC(=NCCc1csc(N2CCCC2)n1)N(C)Cc1ccc(OC)cc1.I. The number of benzene rings is 1. The Labute approximate surface area is 195 Å². The highest BCUT2D eigenvalue weighted by molar-refractivity contribution is 14.0. The fourth-order valence-corrected chi connectivity index (χ4v) is 4.20. The van der Waals surface area contributed by atoms with Crippen LogP contribution in [0.2, 0.25) is 0 Å². The first-order chi connectivity index (χ1) is 13.7.